The third-order valence-electron chi connectivity index (χ3n) is 4.84. The van der Waals surface area contributed by atoms with Crippen LogP contribution < -0.4 is 5.32 Å². The average Bonchev–Trinajstić information content (AvgIpc) is 2.79. The van der Waals surface area contributed by atoms with Crippen LogP contribution in [0.15, 0.2) is 58.6 Å². The number of sulfonamides is 1. The molecule has 8 nitrogen and oxygen atoms in total. The Bertz CT molecular complexity index is 1210. The number of fused-ring (bicyclic) bond motifs is 1. The molecule has 1 amide bonds. The zero-order chi connectivity index (χ0) is 21.8. The molecule has 1 aliphatic rings. The van der Waals surface area contributed by atoms with E-state index in [2.05, 4.69) is 15.3 Å². The van der Waals surface area contributed by atoms with Crippen molar-refractivity contribution in [2.75, 3.05) is 37.4 Å². The molecule has 1 aliphatic heterocycles. The lowest BCUT2D eigenvalue weighted by atomic mass is 10.2. The third-order valence-corrected chi connectivity index (χ3v) is 7.78. The van der Waals surface area contributed by atoms with Crippen molar-refractivity contribution in [3.8, 4) is 0 Å². The summed E-state index contributed by atoms with van der Waals surface area (Å²) in [6, 6.07) is 12.4. The van der Waals surface area contributed by atoms with Crippen LogP contribution in [0.4, 0.5) is 5.69 Å². The fourth-order valence-corrected chi connectivity index (χ4v) is 5.53. The molecule has 1 N–H and O–H groups in total. The van der Waals surface area contributed by atoms with Crippen LogP contribution in [0.25, 0.3) is 11.0 Å². The van der Waals surface area contributed by atoms with Crippen LogP contribution in [0.3, 0.4) is 0 Å². The molecule has 0 atom stereocenters. The maximum Gasteiger partial charge on any atom is 0.243 e. The fraction of sp³-hybridized carbons (Fsp3) is 0.286. The molecule has 10 heteroatoms. The number of amides is 1. The van der Waals surface area contributed by atoms with Gasteiger partial charge in [-0.25, -0.2) is 13.4 Å². The van der Waals surface area contributed by atoms with Gasteiger partial charge in [0.05, 0.1) is 41.1 Å². The molecular weight excluding hydrogens is 436 g/mol. The maximum atomic E-state index is 13.0. The number of para-hydroxylation sites is 2. The number of nitrogens with zero attached hydrogens (tertiary/aromatic N) is 3. The second-order valence-corrected chi connectivity index (χ2v) is 9.93. The summed E-state index contributed by atoms with van der Waals surface area (Å²) in [5.74, 6) is -0.120. The normalized spacial score (nSPS) is 15.1. The molecule has 0 bridgehead atoms. The van der Waals surface area contributed by atoms with E-state index >= 15 is 0 Å². The summed E-state index contributed by atoms with van der Waals surface area (Å²) in [5, 5.41) is 3.42. The van der Waals surface area contributed by atoms with Gasteiger partial charge in [-0.3, -0.25) is 9.78 Å². The highest BCUT2D eigenvalue weighted by Gasteiger charge is 2.28. The number of hydrogen-bond donors (Lipinski definition) is 1. The SMILES string of the molecule is Cc1ccc(NC(=O)CSc2cnc3ccccc3n2)cc1S(=O)(=O)N1CCOCC1. The highest BCUT2D eigenvalue weighted by atomic mass is 32.2. The summed E-state index contributed by atoms with van der Waals surface area (Å²) < 4.78 is 32.7. The Morgan fingerprint density at radius 1 is 1.16 bits per heavy atom. The number of aryl methyl sites for hydroxylation is 1. The van der Waals surface area contributed by atoms with Crippen molar-refractivity contribution >= 4 is 44.4 Å². The summed E-state index contributed by atoms with van der Waals surface area (Å²) in [5.41, 5.74) is 2.63. The number of carbonyl (C=O) groups is 1. The number of rotatable bonds is 6. The molecular formula is C21H22N4O4S2. The van der Waals surface area contributed by atoms with E-state index in [9.17, 15) is 13.2 Å². The van der Waals surface area contributed by atoms with E-state index in [0.29, 0.717) is 42.6 Å². The predicted octanol–water partition coefficient (Wildman–Crippen LogP) is 2.69. The van der Waals surface area contributed by atoms with Crippen molar-refractivity contribution < 1.29 is 17.9 Å². The Morgan fingerprint density at radius 2 is 1.90 bits per heavy atom. The molecule has 1 saturated heterocycles. The molecule has 1 aromatic heterocycles. The molecule has 31 heavy (non-hydrogen) atoms. The number of hydrogen-bond acceptors (Lipinski definition) is 7. The zero-order valence-corrected chi connectivity index (χ0v) is 18.6. The first-order valence-electron chi connectivity index (χ1n) is 9.76. The molecule has 0 aliphatic carbocycles. The number of thioether (sulfide) groups is 1. The van der Waals surface area contributed by atoms with E-state index in [0.717, 1.165) is 11.0 Å². The zero-order valence-electron chi connectivity index (χ0n) is 16.9. The number of benzene rings is 2. The first-order chi connectivity index (χ1) is 14.9. The molecule has 2 aromatic carbocycles. The largest absolute Gasteiger partial charge is 0.379 e. The molecule has 162 valence electrons. The van der Waals surface area contributed by atoms with Gasteiger partial charge in [0.2, 0.25) is 15.9 Å². The smallest absolute Gasteiger partial charge is 0.243 e. The Kier molecular flexibility index (Phi) is 6.51. The standard InChI is InChI=1S/C21H22N4O4S2/c1-15-6-7-16(12-19(15)31(27,28)25-8-10-29-11-9-25)23-20(26)14-30-21-13-22-17-4-2-3-5-18(17)24-21/h2-7,12-13H,8-11,14H2,1H3,(H,23,26). The van der Waals surface area contributed by atoms with Gasteiger partial charge in [0, 0.05) is 18.8 Å². The van der Waals surface area contributed by atoms with Crippen LogP contribution in [0.2, 0.25) is 0 Å². The van der Waals surface area contributed by atoms with Crippen molar-refractivity contribution in [1.82, 2.24) is 14.3 Å². The molecule has 4 rings (SSSR count). The third kappa shape index (κ3) is 5.04. The molecule has 0 unspecified atom stereocenters. The van der Waals surface area contributed by atoms with Gasteiger partial charge in [-0.15, -0.1) is 0 Å². The van der Waals surface area contributed by atoms with Crippen molar-refractivity contribution in [3.05, 3.63) is 54.2 Å². The topological polar surface area (TPSA) is 101 Å². The van der Waals surface area contributed by atoms with Gasteiger partial charge in [-0.05, 0) is 36.8 Å². The Morgan fingerprint density at radius 3 is 2.68 bits per heavy atom. The molecule has 1 fully saturated rings. The quantitative estimate of drug-likeness (QED) is 0.567. The van der Waals surface area contributed by atoms with Crippen LogP contribution >= 0.6 is 11.8 Å². The van der Waals surface area contributed by atoms with Gasteiger partial charge in [-0.2, -0.15) is 4.31 Å². The van der Waals surface area contributed by atoms with Crippen LogP contribution in [0.1, 0.15) is 5.56 Å². The number of nitrogens with one attached hydrogen (secondary N) is 1. The molecule has 2 heterocycles. The molecule has 0 saturated carbocycles. The van der Waals surface area contributed by atoms with Gasteiger partial charge < -0.3 is 10.1 Å². The summed E-state index contributed by atoms with van der Waals surface area (Å²) in [4.78, 5) is 21.5. The molecule has 0 radical (unpaired) electrons. The van der Waals surface area contributed by atoms with Gasteiger partial charge in [0.1, 0.15) is 5.03 Å². The van der Waals surface area contributed by atoms with Crippen molar-refractivity contribution in [2.24, 2.45) is 0 Å². The number of morpholine rings is 1. The maximum absolute atomic E-state index is 13.0. The summed E-state index contributed by atoms with van der Waals surface area (Å²) in [7, 11) is -3.65. The molecule has 3 aromatic rings. The van der Waals surface area contributed by atoms with Crippen LogP contribution in [-0.2, 0) is 19.6 Å². The number of carbonyl (C=O) groups excluding carboxylic acids is 1. The highest BCUT2D eigenvalue weighted by Crippen LogP contribution is 2.25. The monoisotopic (exact) mass is 458 g/mol. The molecule has 0 spiro atoms. The van der Waals surface area contributed by atoms with E-state index in [1.165, 1.54) is 22.1 Å². The lowest BCUT2D eigenvalue weighted by Gasteiger charge is -2.26. The van der Waals surface area contributed by atoms with E-state index in [1.54, 1.807) is 25.3 Å². The highest BCUT2D eigenvalue weighted by molar-refractivity contribution is 7.99. The Hall–Kier alpha value is -2.53. The van der Waals surface area contributed by atoms with Crippen molar-refractivity contribution in [1.29, 1.82) is 0 Å². The minimum absolute atomic E-state index is 0.131. The first-order valence-corrected chi connectivity index (χ1v) is 12.2. The van der Waals surface area contributed by atoms with E-state index < -0.39 is 10.0 Å². The average molecular weight is 459 g/mol. The minimum atomic E-state index is -3.65. The Balaban J connectivity index is 1.43. The minimum Gasteiger partial charge on any atom is -0.379 e. The number of ether oxygens (including phenoxy) is 1. The van der Waals surface area contributed by atoms with Crippen LogP contribution in [0.5, 0.6) is 0 Å². The second-order valence-electron chi connectivity index (χ2n) is 7.03. The van der Waals surface area contributed by atoms with Crippen molar-refractivity contribution in [2.45, 2.75) is 16.8 Å². The summed E-state index contributed by atoms with van der Waals surface area (Å²) in [6.45, 7) is 3.14. The fourth-order valence-electron chi connectivity index (χ4n) is 3.23. The van der Waals surface area contributed by atoms with Crippen LogP contribution in [0, 0.1) is 6.92 Å². The Labute approximate surface area is 185 Å². The predicted molar refractivity (Wildman–Crippen MR) is 120 cm³/mol. The lowest BCUT2D eigenvalue weighted by molar-refractivity contribution is -0.113. The van der Waals surface area contributed by atoms with Gasteiger partial charge in [0.15, 0.2) is 0 Å². The van der Waals surface area contributed by atoms with E-state index in [4.69, 9.17) is 4.74 Å². The first kappa shape index (κ1) is 21.7. The second kappa shape index (κ2) is 9.31. The van der Waals surface area contributed by atoms with Gasteiger partial charge in [0.25, 0.3) is 0 Å². The summed E-state index contributed by atoms with van der Waals surface area (Å²) in [6.07, 6.45) is 1.64. The summed E-state index contributed by atoms with van der Waals surface area (Å²) >= 11 is 1.27. The van der Waals surface area contributed by atoms with Gasteiger partial charge >= 0.3 is 0 Å². The number of anilines is 1. The van der Waals surface area contributed by atoms with Gasteiger partial charge in [-0.1, -0.05) is 30.0 Å². The van der Waals surface area contributed by atoms with E-state index in [1.807, 2.05) is 24.3 Å². The van der Waals surface area contributed by atoms with Crippen molar-refractivity contribution in [3.63, 3.8) is 0 Å². The lowest BCUT2D eigenvalue weighted by Crippen LogP contribution is -2.40. The van der Waals surface area contributed by atoms with E-state index in [-0.39, 0.29) is 16.6 Å². The van der Waals surface area contributed by atoms with Crippen LogP contribution in [-0.4, -0.2) is 60.7 Å². The number of aromatic nitrogens is 2.